The molecule has 8 nitrogen and oxygen atoms in total. The predicted octanol–water partition coefficient (Wildman–Crippen LogP) is 2.47. The molecular formula is C24H29N5O3S. The molecule has 174 valence electrons. The third-order valence-corrected chi connectivity index (χ3v) is 7.88. The van der Waals surface area contributed by atoms with Crippen LogP contribution in [0.4, 0.5) is 11.4 Å². The molecule has 0 spiro atoms. The van der Waals surface area contributed by atoms with Crippen LogP contribution in [0, 0.1) is 6.92 Å². The van der Waals surface area contributed by atoms with E-state index in [0.717, 1.165) is 46.0 Å². The second-order valence-corrected chi connectivity index (χ2v) is 10.1. The van der Waals surface area contributed by atoms with Crippen LogP contribution in [0.2, 0.25) is 0 Å². The molecule has 2 aliphatic rings. The number of carbonyl (C=O) groups is 1. The minimum absolute atomic E-state index is 0.0560. The van der Waals surface area contributed by atoms with Gasteiger partial charge in [0.1, 0.15) is 22.1 Å². The molecule has 0 aliphatic carbocycles. The average molecular weight is 468 g/mol. The lowest BCUT2D eigenvalue weighted by Crippen LogP contribution is -2.45. The Hall–Kier alpha value is -2.88. The van der Waals surface area contributed by atoms with Gasteiger partial charge in [-0.05, 0) is 44.0 Å². The number of aromatic nitrogens is 1. The number of fused-ring (bicyclic) bond motifs is 2. The number of anilines is 2. The maximum absolute atomic E-state index is 13.0. The normalized spacial score (nSPS) is 24.5. The SMILES string of the molecule is CO[C@]1(C)CN(c2ccc3c(c2)OC[C@H](NC(=O)c2sc4nc(C)ccc4c2N)C3)C[C@H]1N. The summed E-state index contributed by atoms with van der Waals surface area (Å²) in [4.78, 5) is 20.9. The smallest absolute Gasteiger partial charge is 0.263 e. The van der Waals surface area contributed by atoms with E-state index in [0.29, 0.717) is 23.6 Å². The zero-order valence-electron chi connectivity index (χ0n) is 19.1. The number of aryl methyl sites for hydroxylation is 1. The number of amides is 1. The van der Waals surface area contributed by atoms with E-state index in [-0.39, 0.29) is 23.6 Å². The van der Waals surface area contributed by atoms with E-state index < -0.39 is 0 Å². The number of nitrogens with zero attached hydrogens (tertiary/aromatic N) is 2. The Morgan fingerprint density at radius 2 is 2.18 bits per heavy atom. The predicted molar refractivity (Wildman–Crippen MR) is 131 cm³/mol. The highest BCUT2D eigenvalue weighted by Crippen LogP contribution is 2.35. The monoisotopic (exact) mass is 467 g/mol. The number of hydrogen-bond donors (Lipinski definition) is 3. The highest BCUT2D eigenvalue weighted by atomic mass is 32.1. The van der Waals surface area contributed by atoms with Crippen LogP contribution >= 0.6 is 11.3 Å². The number of hydrogen-bond acceptors (Lipinski definition) is 8. The van der Waals surface area contributed by atoms with E-state index in [1.165, 1.54) is 11.3 Å². The van der Waals surface area contributed by atoms with Crippen molar-refractivity contribution in [2.24, 2.45) is 5.73 Å². The van der Waals surface area contributed by atoms with E-state index in [1.807, 2.05) is 26.0 Å². The van der Waals surface area contributed by atoms with Gasteiger partial charge in [0.2, 0.25) is 0 Å². The van der Waals surface area contributed by atoms with Gasteiger partial charge in [-0.25, -0.2) is 4.98 Å². The number of nitrogens with two attached hydrogens (primary N) is 2. The Kier molecular flexibility index (Phi) is 5.43. The number of pyridine rings is 1. The van der Waals surface area contributed by atoms with Crippen LogP contribution in [0.15, 0.2) is 30.3 Å². The Labute approximate surface area is 196 Å². The molecule has 4 heterocycles. The first-order chi connectivity index (χ1) is 15.8. The van der Waals surface area contributed by atoms with Gasteiger partial charge in [-0.1, -0.05) is 6.07 Å². The second-order valence-electron chi connectivity index (χ2n) is 9.13. The third kappa shape index (κ3) is 3.90. The Bertz CT molecular complexity index is 1230. The molecule has 2 aromatic heterocycles. The number of rotatable bonds is 4. The summed E-state index contributed by atoms with van der Waals surface area (Å²) in [7, 11) is 1.71. The van der Waals surface area contributed by atoms with Gasteiger partial charge in [0.15, 0.2) is 0 Å². The molecule has 0 saturated carbocycles. The number of methoxy groups -OCH3 is 1. The van der Waals surface area contributed by atoms with Crippen LogP contribution in [-0.4, -0.2) is 55.4 Å². The highest BCUT2D eigenvalue weighted by Gasteiger charge is 2.41. The van der Waals surface area contributed by atoms with Gasteiger partial charge in [-0.2, -0.15) is 0 Å². The van der Waals surface area contributed by atoms with Crippen molar-refractivity contribution < 1.29 is 14.3 Å². The summed E-state index contributed by atoms with van der Waals surface area (Å²) < 4.78 is 11.7. The van der Waals surface area contributed by atoms with Gasteiger partial charge in [0.05, 0.1) is 23.4 Å². The van der Waals surface area contributed by atoms with E-state index in [2.05, 4.69) is 33.4 Å². The largest absolute Gasteiger partial charge is 0.491 e. The van der Waals surface area contributed by atoms with Crippen molar-refractivity contribution in [2.45, 2.75) is 38.0 Å². The molecule has 5 rings (SSSR count). The fraction of sp³-hybridized carbons (Fsp3) is 0.417. The molecule has 1 saturated heterocycles. The standard InChI is InChI=1S/C24H29N5O3S/c1-13-4-7-17-20(26)21(33-23(17)27-13)22(30)28-15-8-14-5-6-16(9-18(14)32-11-15)29-10-19(25)24(2,12-29)31-3/h4-7,9,15,19H,8,10-12,25-26H2,1-3H3,(H,28,30)/t15-,19-,24-/m1/s1. The van der Waals surface area contributed by atoms with E-state index in [9.17, 15) is 4.79 Å². The summed E-state index contributed by atoms with van der Waals surface area (Å²) in [5.74, 6) is 0.658. The third-order valence-electron chi connectivity index (χ3n) is 6.77. The maximum Gasteiger partial charge on any atom is 0.263 e. The summed E-state index contributed by atoms with van der Waals surface area (Å²) in [5, 5.41) is 3.90. The van der Waals surface area contributed by atoms with Gasteiger partial charge in [0, 0.05) is 43.0 Å². The number of benzene rings is 1. The van der Waals surface area contributed by atoms with E-state index in [1.54, 1.807) is 7.11 Å². The van der Waals surface area contributed by atoms with Crippen molar-refractivity contribution >= 4 is 38.8 Å². The first-order valence-corrected chi connectivity index (χ1v) is 11.9. The van der Waals surface area contributed by atoms with Crippen LogP contribution in [-0.2, 0) is 11.2 Å². The van der Waals surface area contributed by atoms with Crippen molar-refractivity contribution in [2.75, 3.05) is 37.4 Å². The molecule has 2 aliphatic heterocycles. The molecule has 5 N–H and O–H groups in total. The first-order valence-electron chi connectivity index (χ1n) is 11.1. The molecule has 0 radical (unpaired) electrons. The van der Waals surface area contributed by atoms with Gasteiger partial charge in [-0.3, -0.25) is 4.79 Å². The molecule has 33 heavy (non-hydrogen) atoms. The van der Waals surface area contributed by atoms with Crippen molar-refractivity contribution in [3.8, 4) is 5.75 Å². The van der Waals surface area contributed by atoms with Crippen molar-refractivity contribution in [1.82, 2.24) is 10.3 Å². The van der Waals surface area contributed by atoms with Crippen LogP contribution in [0.1, 0.15) is 27.9 Å². The minimum atomic E-state index is -0.366. The molecule has 9 heteroatoms. The fourth-order valence-electron chi connectivity index (χ4n) is 4.56. The molecule has 0 bridgehead atoms. The summed E-state index contributed by atoms with van der Waals surface area (Å²) in [5.41, 5.74) is 15.7. The highest BCUT2D eigenvalue weighted by molar-refractivity contribution is 7.21. The molecule has 1 amide bonds. The van der Waals surface area contributed by atoms with Gasteiger partial charge < -0.3 is 31.2 Å². The van der Waals surface area contributed by atoms with E-state index in [4.69, 9.17) is 20.9 Å². The van der Waals surface area contributed by atoms with Crippen LogP contribution < -0.4 is 26.4 Å². The maximum atomic E-state index is 13.0. The fourth-order valence-corrected chi connectivity index (χ4v) is 5.61. The summed E-state index contributed by atoms with van der Waals surface area (Å²) in [6, 6.07) is 9.83. The Balaban J connectivity index is 1.28. The lowest BCUT2D eigenvalue weighted by atomic mass is 10.0. The summed E-state index contributed by atoms with van der Waals surface area (Å²) >= 11 is 1.32. The van der Waals surface area contributed by atoms with Crippen molar-refractivity contribution in [1.29, 1.82) is 0 Å². The Morgan fingerprint density at radius 3 is 2.94 bits per heavy atom. The van der Waals surface area contributed by atoms with Gasteiger partial charge >= 0.3 is 0 Å². The molecule has 0 unspecified atom stereocenters. The van der Waals surface area contributed by atoms with Crippen molar-refractivity contribution in [3.63, 3.8) is 0 Å². The van der Waals surface area contributed by atoms with Crippen LogP contribution in [0.3, 0.4) is 0 Å². The van der Waals surface area contributed by atoms with Gasteiger partial charge in [0.25, 0.3) is 5.91 Å². The number of nitrogens with one attached hydrogen (secondary N) is 1. The Morgan fingerprint density at radius 1 is 1.36 bits per heavy atom. The topological polar surface area (TPSA) is 116 Å². The quantitative estimate of drug-likeness (QED) is 0.540. The number of nitrogen functional groups attached to an aromatic ring is 1. The number of carbonyl (C=O) groups excluding carboxylic acids is 1. The minimum Gasteiger partial charge on any atom is -0.491 e. The zero-order chi connectivity index (χ0) is 23.3. The molecule has 1 aromatic carbocycles. The first kappa shape index (κ1) is 21.9. The molecule has 1 fully saturated rings. The van der Waals surface area contributed by atoms with Crippen LogP contribution in [0.5, 0.6) is 5.75 Å². The average Bonchev–Trinajstić information content (AvgIpc) is 3.29. The van der Waals surface area contributed by atoms with Crippen LogP contribution in [0.25, 0.3) is 10.2 Å². The zero-order valence-corrected chi connectivity index (χ0v) is 19.9. The lowest BCUT2D eigenvalue weighted by Gasteiger charge is -2.28. The summed E-state index contributed by atoms with van der Waals surface area (Å²) in [6.07, 6.45) is 0.693. The summed E-state index contributed by atoms with van der Waals surface area (Å²) in [6.45, 7) is 5.82. The van der Waals surface area contributed by atoms with Gasteiger partial charge in [-0.15, -0.1) is 11.3 Å². The number of thiophene rings is 1. The van der Waals surface area contributed by atoms with Crippen molar-refractivity contribution in [3.05, 3.63) is 46.5 Å². The molecule has 3 aromatic rings. The molecular weight excluding hydrogens is 438 g/mol. The lowest BCUT2D eigenvalue weighted by molar-refractivity contribution is 0.0129. The molecule has 3 atom stereocenters. The second kappa shape index (κ2) is 8.16. The number of ether oxygens (including phenoxy) is 2. The van der Waals surface area contributed by atoms with E-state index >= 15 is 0 Å².